The lowest BCUT2D eigenvalue weighted by molar-refractivity contribution is -0.192. The summed E-state index contributed by atoms with van der Waals surface area (Å²) in [5.41, 5.74) is -1.74. The molecule has 1 saturated heterocycles. The first-order valence-corrected chi connectivity index (χ1v) is 15.5. The third-order valence-electron chi connectivity index (χ3n) is 8.53. The van der Waals surface area contributed by atoms with E-state index in [1.807, 2.05) is 6.07 Å². The van der Waals surface area contributed by atoms with E-state index in [1.54, 1.807) is 13.8 Å². The Bertz CT molecular complexity index is 2270. The van der Waals surface area contributed by atoms with Gasteiger partial charge in [-0.05, 0) is 56.9 Å². The minimum Gasteiger partial charge on any atom is -0.475 e. The summed E-state index contributed by atoms with van der Waals surface area (Å²) in [6.07, 6.45) is -3.09. The van der Waals surface area contributed by atoms with Crippen LogP contribution >= 0.6 is 0 Å². The van der Waals surface area contributed by atoms with Gasteiger partial charge >= 0.3 is 23.9 Å². The van der Waals surface area contributed by atoms with Gasteiger partial charge in [0.25, 0.3) is 17.0 Å². The number of urea groups is 1. The first-order chi connectivity index (χ1) is 23.8. The minimum absolute atomic E-state index is 0.0343. The maximum Gasteiger partial charge on any atom is 0.490 e. The molecule has 0 bridgehead atoms. The molecule has 19 heteroatoms. The van der Waals surface area contributed by atoms with Gasteiger partial charge in [0.05, 0.1) is 45.5 Å². The summed E-state index contributed by atoms with van der Waals surface area (Å²) in [7, 11) is 0. The molecule has 2 N–H and O–H groups in total. The van der Waals surface area contributed by atoms with Gasteiger partial charge in [-0.25, -0.2) is 32.5 Å². The molecule has 2 fully saturated rings. The van der Waals surface area contributed by atoms with Gasteiger partial charge in [-0.1, -0.05) is 0 Å². The van der Waals surface area contributed by atoms with Crippen LogP contribution in [-0.4, -0.2) is 65.9 Å². The number of hydrogen-bond acceptors (Lipinski definition) is 7. The number of halogens is 6. The van der Waals surface area contributed by atoms with E-state index in [1.165, 1.54) is 22.8 Å². The summed E-state index contributed by atoms with van der Waals surface area (Å²) < 4.78 is 80.6. The van der Waals surface area contributed by atoms with Crippen molar-refractivity contribution in [3.63, 3.8) is 0 Å². The molecule has 2 amide bonds. The SMILES string of the molecule is CC(C)n1c(=O)n(CC2CC2)c(=O)c2cc(NC(=O)N3CCC(F)(F)C(n4cnc5cc(C#N)ccc5c4=O)C3)c(F)cc21.O=C(O)C(F)(F)F. The fourth-order valence-corrected chi connectivity index (χ4v) is 5.69. The van der Waals surface area contributed by atoms with Crippen LogP contribution in [0.2, 0.25) is 0 Å². The highest BCUT2D eigenvalue weighted by atomic mass is 19.4. The van der Waals surface area contributed by atoms with Crippen molar-refractivity contribution in [3.05, 3.63) is 79.2 Å². The lowest BCUT2D eigenvalue weighted by atomic mass is 10.0. The smallest absolute Gasteiger partial charge is 0.475 e. The summed E-state index contributed by atoms with van der Waals surface area (Å²) >= 11 is 0. The molecule has 1 aliphatic heterocycles. The molecule has 270 valence electrons. The highest BCUT2D eigenvalue weighted by Crippen LogP contribution is 2.37. The average molecular weight is 722 g/mol. The monoisotopic (exact) mass is 721 g/mol. The highest BCUT2D eigenvalue weighted by Gasteiger charge is 2.47. The summed E-state index contributed by atoms with van der Waals surface area (Å²) in [5, 5.41) is 18.7. The number of piperidine rings is 1. The number of carbonyl (C=O) groups excluding carboxylic acids is 1. The van der Waals surface area contributed by atoms with Gasteiger partial charge in [0.2, 0.25) is 0 Å². The molecule has 1 atom stereocenters. The standard InChI is InChI=1S/C30H28F3N7O4.C2HF3O2/c1-16(2)40-24-11-21(31)23(10-20(24)27(42)38(29(40)44)13-17-3-4-17)36-28(43)37-8-7-30(32,33)25(14-37)39-15-35-22-9-18(12-34)5-6-19(22)26(39)41;3-2(4,5)1(6)7/h5-6,9-11,15-17,25H,3-4,7-8,13-14H2,1-2H3,(H,36,43);(H,6,7). The van der Waals surface area contributed by atoms with Crippen LogP contribution in [0.1, 0.15) is 50.8 Å². The number of likely N-dealkylation sites (tertiary alicyclic amines) is 1. The van der Waals surface area contributed by atoms with Crippen LogP contribution in [0.25, 0.3) is 21.8 Å². The zero-order valence-corrected chi connectivity index (χ0v) is 26.9. The number of anilines is 1. The maximum absolute atomic E-state index is 15.3. The number of fused-ring (bicyclic) bond motifs is 2. The molecule has 2 aliphatic rings. The van der Waals surface area contributed by atoms with Crippen LogP contribution in [0.4, 0.5) is 36.8 Å². The van der Waals surface area contributed by atoms with Crippen molar-refractivity contribution in [2.24, 2.45) is 5.92 Å². The molecule has 13 nitrogen and oxygen atoms in total. The van der Waals surface area contributed by atoms with E-state index in [9.17, 15) is 32.3 Å². The Morgan fingerprint density at radius 3 is 2.35 bits per heavy atom. The number of nitriles is 1. The molecule has 1 unspecified atom stereocenters. The number of aliphatic carboxylic acids is 1. The molecule has 6 rings (SSSR count). The molecular formula is C32H29F6N7O6. The van der Waals surface area contributed by atoms with Crippen molar-refractivity contribution in [2.45, 2.75) is 63.8 Å². The molecular weight excluding hydrogens is 692 g/mol. The Morgan fingerprint density at radius 1 is 1.10 bits per heavy atom. The number of benzene rings is 2. The first-order valence-electron chi connectivity index (χ1n) is 15.5. The number of amides is 2. The average Bonchev–Trinajstić information content (AvgIpc) is 3.88. The predicted molar refractivity (Wildman–Crippen MR) is 169 cm³/mol. The molecule has 0 spiro atoms. The topological polar surface area (TPSA) is 172 Å². The third-order valence-corrected chi connectivity index (χ3v) is 8.53. The Hall–Kier alpha value is -5.67. The van der Waals surface area contributed by atoms with Gasteiger partial charge in [-0.15, -0.1) is 0 Å². The lowest BCUT2D eigenvalue weighted by Gasteiger charge is -2.38. The number of nitrogens with zero attached hydrogens (tertiary/aromatic N) is 6. The Kier molecular flexibility index (Phi) is 9.74. The lowest BCUT2D eigenvalue weighted by Crippen LogP contribution is -2.53. The molecule has 2 aromatic carbocycles. The van der Waals surface area contributed by atoms with Crippen molar-refractivity contribution in [1.82, 2.24) is 23.6 Å². The quantitative estimate of drug-likeness (QED) is 0.281. The Morgan fingerprint density at radius 2 is 1.76 bits per heavy atom. The second-order valence-corrected chi connectivity index (χ2v) is 12.5. The second kappa shape index (κ2) is 13.6. The molecule has 3 heterocycles. The Labute approximate surface area is 282 Å². The number of carboxylic acids is 1. The van der Waals surface area contributed by atoms with E-state index in [0.717, 1.165) is 45.3 Å². The zero-order chi connectivity index (χ0) is 37.6. The van der Waals surface area contributed by atoms with Crippen LogP contribution < -0.4 is 22.1 Å². The van der Waals surface area contributed by atoms with Gasteiger partial charge in [-0.2, -0.15) is 18.4 Å². The third kappa shape index (κ3) is 7.44. The summed E-state index contributed by atoms with van der Waals surface area (Å²) in [5.74, 6) is -6.83. The van der Waals surface area contributed by atoms with Crippen LogP contribution in [0.3, 0.4) is 0 Å². The molecule has 1 aliphatic carbocycles. The molecule has 4 aromatic rings. The molecule has 0 radical (unpaired) electrons. The summed E-state index contributed by atoms with van der Waals surface area (Å²) in [6, 6.07) is 5.15. The number of rotatable bonds is 5. The van der Waals surface area contributed by atoms with E-state index in [2.05, 4.69) is 10.3 Å². The van der Waals surface area contributed by atoms with E-state index in [0.29, 0.717) is 0 Å². The summed E-state index contributed by atoms with van der Waals surface area (Å²) in [6.45, 7) is 2.75. The fraction of sp³-hybridized carbons (Fsp3) is 0.406. The number of alkyl halides is 5. The number of carboxylic acid groups (broad SMARTS) is 1. The van der Waals surface area contributed by atoms with Crippen molar-refractivity contribution in [3.8, 4) is 6.07 Å². The van der Waals surface area contributed by atoms with Gasteiger partial charge in [0.1, 0.15) is 11.9 Å². The Balaban J connectivity index is 0.000000654. The fourth-order valence-electron chi connectivity index (χ4n) is 5.69. The number of nitrogens with one attached hydrogen (secondary N) is 1. The highest BCUT2D eigenvalue weighted by molar-refractivity contribution is 5.93. The van der Waals surface area contributed by atoms with Crippen molar-refractivity contribution >= 4 is 39.5 Å². The van der Waals surface area contributed by atoms with Crippen molar-refractivity contribution < 1.29 is 41.0 Å². The van der Waals surface area contributed by atoms with Crippen LogP contribution in [0.5, 0.6) is 0 Å². The first kappa shape index (κ1) is 36.6. The van der Waals surface area contributed by atoms with Gasteiger partial charge in [0.15, 0.2) is 0 Å². The van der Waals surface area contributed by atoms with Gasteiger partial charge in [-0.3, -0.25) is 23.3 Å². The number of carbonyl (C=O) groups is 2. The summed E-state index contributed by atoms with van der Waals surface area (Å²) in [4.78, 5) is 66.9. The van der Waals surface area contributed by atoms with Crippen LogP contribution in [0.15, 0.2) is 51.0 Å². The van der Waals surface area contributed by atoms with Gasteiger partial charge in [0, 0.05) is 38.2 Å². The largest absolute Gasteiger partial charge is 0.490 e. The van der Waals surface area contributed by atoms with Crippen molar-refractivity contribution in [2.75, 3.05) is 18.4 Å². The van der Waals surface area contributed by atoms with Crippen LogP contribution in [-0.2, 0) is 11.3 Å². The van der Waals surface area contributed by atoms with E-state index >= 15 is 13.2 Å². The van der Waals surface area contributed by atoms with E-state index in [4.69, 9.17) is 15.2 Å². The number of aromatic nitrogens is 4. The van der Waals surface area contributed by atoms with E-state index in [-0.39, 0.29) is 58.1 Å². The van der Waals surface area contributed by atoms with Crippen molar-refractivity contribution in [1.29, 1.82) is 5.26 Å². The normalized spacial score (nSPS) is 17.2. The molecule has 2 aromatic heterocycles. The second-order valence-electron chi connectivity index (χ2n) is 12.5. The van der Waals surface area contributed by atoms with E-state index < -0.39 is 65.7 Å². The predicted octanol–water partition coefficient (Wildman–Crippen LogP) is 4.62. The zero-order valence-electron chi connectivity index (χ0n) is 26.9. The minimum atomic E-state index is -5.08. The van der Waals surface area contributed by atoms with Crippen LogP contribution in [0, 0.1) is 23.1 Å². The van der Waals surface area contributed by atoms with Gasteiger partial charge < -0.3 is 15.3 Å². The molecule has 1 saturated carbocycles. The maximum atomic E-state index is 15.3. The molecule has 51 heavy (non-hydrogen) atoms. The number of hydrogen-bond donors (Lipinski definition) is 2.